The van der Waals surface area contributed by atoms with Crippen LogP contribution in [0.2, 0.25) is 0 Å². The van der Waals surface area contributed by atoms with Crippen LogP contribution in [0.1, 0.15) is 40.0 Å². The molecule has 0 bridgehead atoms. The average Bonchev–Trinajstić information content (AvgIpc) is 2.45. The van der Waals surface area contributed by atoms with E-state index in [0.29, 0.717) is 5.41 Å². The van der Waals surface area contributed by atoms with Gasteiger partial charge in [0.05, 0.1) is 0 Å². The van der Waals surface area contributed by atoms with Crippen molar-refractivity contribution < 1.29 is 0 Å². The Hall–Kier alpha value is -0.520. The molecule has 2 rings (SSSR count). The van der Waals surface area contributed by atoms with Crippen molar-refractivity contribution in [1.29, 1.82) is 0 Å². The van der Waals surface area contributed by atoms with E-state index in [0.717, 1.165) is 11.8 Å². The van der Waals surface area contributed by atoms with Crippen molar-refractivity contribution in [3.8, 4) is 0 Å². The molecule has 0 aliphatic heterocycles. The zero-order valence-electron chi connectivity index (χ0n) is 9.01. The molecule has 2 atom stereocenters. The van der Waals surface area contributed by atoms with Crippen LogP contribution >= 0.6 is 0 Å². The lowest BCUT2D eigenvalue weighted by atomic mass is 9.83. The summed E-state index contributed by atoms with van der Waals surface area (Å²) in [5.74, 6) is 1.79. The summed E-state index contributed by atoms with van der Waals surface area (Å²) in [5.41, 5.74) is 2.09. The largest absolute Gasteiger partial charge is 0.0882 e. The molecule has 0 N–H and O–H groups in total. The molecule has 2 aliphatic carbocycles. The molecule has 0 heterocycles. The van der Waals surface area contributed by atoms with Gasteiger partial charge in [0.2, 0.25) is 0 Å². The molecule has 2 aliphatic rings. The number of allylic oxidation sites excluding steroid dienone is 4. The van der Waals surface area contributed by atoms with Crippen molar-refractivity contribution in [2.45, 2.75) is 40.0 Å². The second-order valence-corrected chi connectivity index (χ2v) is 5.51. The molecule has 0 saturated carbocycles. The van der Waals surface area contributed by atoms with Gasteiger partial charge in [-0.2, -0.15) is 0 Å². The molecule has 0 saturated heterocycles. The van der Waals surface area contributed by atoms with E-state index in [9.17, 15) is 0 Å². The van der Waals surface area contributed by atoms with E-state index in [-0.39, 0.29) is 0 Å². The predicted octanol–water partition coefficient (Wildman–Crippen LogP) is 3.95. The van der Waals surface area contributed by atoms with E-state index in [1.165, 1.54) is 19.3 Å². The van der Waals surface area contributed by atoms with Gasteiger partial charge in [0.1, 0.15) is 0 Å². The van der Waals surface area contributed by atoms with Crippen LogP contribution < -0.4 is 0 Å². The zero-order chi connectivity index (χ0) is 9.47. The molecule has 0 fully saturated rings. The standard InChI is InChI=1S/C13H20/c1-13(2,3)12-8-10-6-4-5-7-11(10)9-12/h4-5,8,10-11H,6-7,9H2,1-3H3/t10-,11+/m0/s1. The Morgan fingerprint density at radius 2 is 1.85 bits per heavy atom. The van der Waals surface area contributed by atoms with Crippen LogP contribution in [0.3, 0.4) is 0 Å². The van der Waals surface area contributed by atoms with Crippen LogP contribution in [0.4, 0.5) is 0 Å². The summed E-state index contributed by atoms with van der Waals surface area (Å²) in [6.07, 6.45) is 11.2. The Bertz CT molecular complexity index is 250. The van der Waals surface area contributed by atoms with Gasteiger partial charge in [0.15, 0.2) is 0 Å². The first kappa shape index (κ1) is 9.05. The molecule has 0 heteroatoms. The topological polar surface area (TPSA) is 0 Å². The summed E-state index contributed by atoms with van der Waals surface area (Å²) in [5, 5.41) is 0. The van der Waals surface area contributed by atoms with Crippen LogP contribution in [0.15, 0.2) is 23.8 Å². The Morgan fingerprint density at radius 3 is 2.46 bits per heavy atom. The average molecular weight is 176 g/mol. The van der Waals surface area contributed by atoms with E-state index >= 15 is 0 Å². The molecule has 0 aromatic carbocycles. The summed E-state index contributed by atoms with van der Waals surface area (Å²) >= 11 is 0. The second kappa shape index (κ2) is 3.01. The smallest absolute Gasteiger partial charge is 0.0162 e. The molecule has 72 valence electrons. The number of rotatable bonds is 0. The van der Waals surface area contributed by atoms with Gasteiger partial charge in [0.25, 0.3) is 0 Å². The Balaban J connectivity index is 2.13. The van der Waals surface area contributed by atoms with Crippen molar-refractivity contribution in [2.75, 3.05) is 0 Å². The minimum Gasteiger partial charge on any atom is -0.0882 e. The summed E-state index contributed by atoms with van der Waals surface area (Å²) < 4.78 is 0. The Morgan fingerprint density at radius 1 is 1.15 bits per heavy atom. The highest BCUT2D eigenvalue weighted by molar-refractivity contribution is 5.22. The molecule has 0 amide bonds. The van der Waals surface area contributed by atoms with Gasteiger partial charge in [-0.05, 0) is 36.5 Å². The summed E-state index contributed by atoms with van der Waals surface area (Å²) in [4.78, 5) is 0. The lowest BCUT2D eigenvalue weighted by Gasteiger charge is -2.22. The number of fused-ring (bicyclic) bond motifs is 1. The zero-order valence-corrected chi connectivity index (χ0v) is 9.01. The van der Waals surface area contributed by atoms with E-state index in [1.54, 1.807) is 5.57 Å². The van der Waals surface area contributed by atoms with Crippen molar-refractivity contribution in [3.63, 3.8) is 0 Å². The fourth-order valence-corrected chi connectivity index (χ4v) is 2.50. The maximum atomic E-state index is 2.55. The molecule has 0 nitrogen and oxygen atoms in total. The first-order valence-corrected chi connectivity index (χ1v) is 5.43. The van der Waals surface area contributed by atoms with E-state index < -0.39 is 0 Å². The first-order chi connectivity index (χ1) is 6.07. The highest BCUT2D eigenvalue weighted by atomic mass is 14.4. The quantitative estimate of drug-likeness (QED) is 0.490. The molecule has 0 spiro atoms. The molecule has 0 aromatic heterocycles. The minimum atomic E-state index is 0.400. The molecular weight excluding hydrogens is 156 g/mol. The SMILES string of the molecule is CC(C)(C)C1=C[C@@H]2CC=CC[C@@H]2C1. The van der Waals surface area contributed by atoms with Gasteiger partial charge >= 0.3 is 0 Å². The molecular formula is C13H20. The molecule has 0 unspecified atom stereocenters. The monoisotopic (exact) mass is 176 g/mol. The van der Waals surface area contributed by atoms with Crippen molar-refractivity contribution in [2.24, 2.45) is 17.3 Å². The molecule has 0 radical (unpaired) electrons. The lowest BCUT2D eigenvalue weighted by molar-refractivity contribution is 0.394. The second-order valence-electron chi connectivity index (χ2n) is 5.51. The van der Waals surface area contributed by atoms with Crippen molar-refractivity contribution in [3.05, 3.63) is 23.8 Å². The molecule has 0 aromatic rings. The number of hydrogen-bond donors (Lipinski definition) is 0. The lowest BCUT2D eigenvalue weighted by Crippen LogP contribution is -2.11. The highest BCUT2D eigenvalue weighted by Crippen LogP contribution is 2.44. The summed E-state index contributed by atoms with van der Waals surface area (Å²) in [6, 6.07) is 0. The summed E-state index contributed by atoms with van der Waals surface area (Å²) in [7, 11) is 0. The third-order valence-electron chi connectivity index (χ3n) is 3.48. The maximum absolute atomic E-state index is 2.55. The normalized spacial score (nSPS) is 33.0. The third kappa shape index (κ3) is 1.72. The minimum absolute atomic E-state index is 0.400. The van der Waals surface area contributed by atoms with E-state index in [1.807, 2.05) is 0 Å². The molecule has 13 heavy (non-hydrogen) atoms. The third-order valence-corrected chi connectivity index (χ3v) is 3.48. The fraction of sp³-hybridized carbons (Fsp3) is 0.692. The Kier molecular flexibility index (Phi) is 2.09. The van der Waals surface area contributed by atoms with Gasteiger partial charge in [-0.3, -0.25) is 0 Å². The summed E-state index contributed by atoms with van der Waals surface area (Å²) in [6.45, 7) is 7.01. The van der Waals surface area contributed by atoms with E-state index in [2.05, 4.69) is 39.0 Å². The first-order valence-electron chi connectivity index (χ1n) is 5.43. The maximum Gasteiger partial charge on any atom is -0.0162 e. The van der Waals surface area contributed by atoms with E-state index in [4.69, 9.17) is 0 Å². The van der Waals surface area contributed by atoms with Crippen LogP contribution in [0.5, 0.6) is 0 Å². The fourth-order valence-electron chi connectivity index (χ4n) is 2.50. The Labute approximate surface area is 81.7 Å². The van der Waals surface area contributed by atoms with Gasteiger partial charge < -0.3 is 0 Å². The van der Waals surface area contributed by atoms with Gasteiger partial charge in [-0.25, -0.2) is 0 Å². The van der Waals surface area contributed by atoms with Gasteiger partial charge in [-0.15, -0.1) is 0 Å². The van der Waals surface area contributed by atoms with Crippen molar-refractivity contribution in [1.82, 2.24) is 0 Å². The van der Waals surface area contributed by atoms with Gasteiger partial charge in [0, 0.05) is 0 Å². The predicted molar refractivity (Wildman–Crippen MR) is 57.5 cm³/mol. The van der Waals surface area contributed by atoms with Crippen LogP contribution in [-0.2, 0) is 0 Å². The number of hydrogen-bond acceptors (Lipinski definition) is 0. The van der Waals surface area contributed by atoms with Crippen molar-refractivity contribution >= 4 is 0 Å². The van der Waals surface area contributed by atoms with Gasteiger partial charge in [-0.1, -0.05) is 44.6 Å². The van der Waals surface area contributed by atoms with Crippen LogP contribution in [0.25, 0.3) is 0 Å². The van der Waals surface area contributed by atoms with Crippen LogP contribution in [0, 0.1) is 17.3 Å². The highest BCUT2D eigenvalue weighted by Gasteiger charge is 2.32. The van der Waals surface area contributed by atoms with Crippen LogP contribution in [-0.4, -0.2) is 0 Å².